The summed E-state index contributed by atoms with van der Waals surface area (Å²) in [5, 5.41) is 10.1. The number of H-pyrrole nitrogens is 1. The van der Waals surface area contributed by atoms with Crippen molar-refractivity contribution in [3.8, 4) is 0 Å². The number of amides is 1. The predicted octanol–water partition coefficient (Wildman–Crippen LogP) is 3.65. The Bertz CT molecular complexity index is 1100. The molecular formula is C22H23N5O. The fourth-order valence-corrected chi connectivity index (χ4v) is 3.36. The van der Waals surface area contributed by atoms with Gasteiger partial charge < -0.3 is 9.88 Å². The number of nitrogens with one attached hydrogen (secondary N) is 2. The second-order valence-corrected chi connectivity index (χ2v) is 7.03. The minimum Gasteiger partial charge on any atom is -0.350 e. The molecule has 0 spiro atoms. The molecule has 4 rings (SSSR count). The number of rotatable bonds is 6. The van der Waals surface area contributed by atoms with E-state index in [0.29, 0.717) is 18.8 Å². The molecule has 2 heterocycles. The lowest BCUT2D eigenvalue weighted by atomic mass is 10.0. The van der Waals surface area contributed by atoms with Crippen LogP contribution < -0.4 is 5.32 Å². The number of carbonyl (C=O) groups excluding carboxylic acids is 1. The van der Waals surface area contributed by atoms with E-state index in [1.54, 1.807) is 6.07 Å². The summed E-state index contributed by atoms with van der Waals surface area (Å²) >= 11 is 0. The number of hydrogen-bond donors (Lipinski definition) is 2. The average molecular weight is 373 g/mol. The molecule has 1 amide bonds. The highest BCUT2D eigenvalue weighted by Crippen LogP contribution is 2.17. The Hall–Kier alpha value is -3.41. The van der Waals surface area contributed by atoms with Gasteiger partial charge in [-0.05, 0) is 36.6 Å². The first-order valence-corrected chi connectivity index (χ1v) is 9.41. The maximum Gasteiger partial charge on any atom is 0.271 e. The molecule has 6 nitrogen and oxygen atoms in total. The molecule has 1 atom stereocenters. The Morgan fingerprint density at radius 2 is 1.89 bits per heavy atom. The zero-order chi connectivity index (χ0) is 19.5. The van der Waals surface area contributed by atoms with Crippen LogP contribution in [0.3, 0.4) is 0 Å². The molecule has 2 aromatic carbocycles. The van der Waals surface area contributed by atoms with Gasteiger partial charge in [-0.15, -0.1) is 0 Å². The Kier molecular flexibility index (Phi) is 4.93. The number of aromatic amines is 1. The number of fused-ring (bicyclic) bond motifs is 1. The smallest absolute Gasteiger partial charge is 0.271 e. The van der Waals surface area contributed by atoms with E-state index in [2.05, 4.69) is 44.1 Å². The van der Waals surface area contributed by atoms with Crippen molar-refractivity contribution in [2.45, 2.75) is 26.3 Å². The topological polar surface area (TPSA) is 75.6 Å². The van der Waals surface area contributed by atoms with Gasteiger partial charge in [-0.2, -0.15) is 5.10 Å². The van der Waals surface area contributed by atoms with Crippen LogP contribution in [0.25, 0.3) is 11.0 Å². The van der Waals surface area contributed by atoms with Crippen molar-refractivity contribution in [1.82, 2.24) is 25.1 Å². The quantitative estimate of drug-likeness (QED) is 0.542. The van der Waals surface area contributed by atoms with E-state index in [9.17, 15) is 4.79 Å². The van der Waals surface area contributed by atoms with E-state index in [4.69, 9.17) is 0 Å². The summed E-state index contributed by atoms with van der Waals surface area (Å²) in [5.41, 5.74) is 4.50. The van der Waals surface area contributed by atoms with Gasteiger partial charge in [0, 0.05) is 6.54 Å². The number of para-hydroxylation sites is 2. The van der Waals surface area contributed by atoms with Gasteiger partial charge in [0.15, 0.2) is 0 Å². The van der Waals surface area contributed by atoms with Gasteiger partial charge in [0.25, 0.3) is 5.91 Å². The van der Waals surface area contributed by atoms with Crippen LogP contribution in [0, 0.1) is 6.92 Å². The first kappa shape index (κ1) is 18.0. The molecule has 0 radical (unpaired) electrons. The molecule has 0 aliphatic rings. The zero-order valence-corrected chi connectivity index (χ0v) is 16.0. The number of hydrogen-bond acceptors (Lipinski definition) is 3. The fraction of sp³-hybridized carbons (Fsp3) is 0.227. The highest BCUT2D eigenvalue weighted by atomic mass is 16.1. The van der Waals surface area contributed by atoms with Gasteiger partial charge in [0.05, 0.1) is 23.3 Å². The molecule has 2 aromatic heterocycles. The van der Waals surface area contributed by atoms with E-state index < -0.39 is 0 Å². The Labute approximate surface area is 163 Å². The van der Waals surface area contributed by atoms with Gasteiger partial charge >= 0.3 is 0 Å². The van der Waals surface area contributed by atoms with Crippen LogP contribution >= 0.6 is 0 Å². The third-order valence-corrected chi connectivity index (χ3v) is 4.97. The second-order valence-electron chi connectivity index (χ2n) is 7.03. The molecule has 6 heteroatoms. The fourth-order valence-electron chi connectivity index (χ4n) is 3.36. The van der Waals surface area contributed by atoms with Crippen molar-refractivity contribution >= 4 is 16.9 Å². The van der Waals surface area contributed by atoms with Crippen LogP contribution in [0.15, 0.2) is 60.7 Å². The van der Waals surface area contributed by atoms with E-state index in [1.807, 2.05) is 49.4 Å². The van der Waals surface area contributed by atoms with Gasteiger partial charge in [-0.25, -0.2) is 4.98 Å². The van der Waals surface area contributed by atoms with Crippen molar-refractivity contribution in [3.05, 3.63) is 83.4 Å². The SMILES string of the molecule is Cc1nc2ccccc2n1Cc1cc(C(=O)NC[C@@H](C)c2ccccc2)n[nH]1. The number of aromatic nitrogens is 4. The number of benzene rings is 2. The van der Waals surface area contributed by atoms with Gasteiger partial charge in [0.2, 0.25) is 0 Å². The molecule has 0 bridgehead atoms. The van der Waals surface area contributed by atoms with Crippen LogP contribution in [0.1, 0.15) is 40.4 Å². The molecule has 0 unspecified atom stereocenters. The highest BCUT2D eigenvalue weighted by Gasteiger charge is 2.14. The lowest BCUT2D eigenvalue weighted by Gasteiger charge is -2.12. The first-order valence-electron chi connectivity index (χ1n) is 9.41. The van der Waals surface area contributed by atoms with E-state index in [0.717, 1.165) is 22.6 Å². The zero-order valence-electron chi connectivity index (χ0n) is 16.0. The third-order valence-electron chi connectivity index (χ3n) is 4.97. The maximum absolute atomic E-state index is 12.5. The van der Waals surface area contributed by atoms with Gasteiger partial charge in [-0.3, -0.25) is 9.89 Å². The van der Waals surface area contributed by atoms with Crippen molar-refractivity contribution in [2.75, 3.05) is 6.54 Å². The Balaban J connectivity index is 1.42. The summed E-state index contributed by atoms with van der Waals surface area (Å²) in [6, 6.07) is 20.0. The van der Waals surface area contributed by atoms with E-state index in [1.165, 1.54) is 5.56 Å². The molecule has 0 saturated heterocycles. The average Bonchev–Trinajstić information content (AvgIpc) is 3.32. The molecule has 0 aliphatic carbocycles. The molecule has 142 valence electrons. The summed E-state index contributed by atoms with van der Waals surface area (Å²) in [6.07, 6.45) is 0. The van der Waals surface area contributed by atoms with Crippen LogP contribution in [-0.2, 0) is 6.54 Å². The molecule has 2 N–H and O–H groups in total. The largest absolute Gasteiger partial charge is 0.350 e. The van der Waals surface area contributed by atoms with E-state index in [-0.39, 0.29) is 11.8 Å². The maximum atomic E-state index is 12.5. The highest BCUT2D eigenvalue weighted by molar-refractivity contribution is 5.92. The van der Waals surface area contributed by atoms with Crippen LogP contribution in [0.4, 0.5) is 0 Å². The lowest BCUT2D eigenvalue weighted by Crippen LogP contribution is -2.27. The van der Waals surface area contributed by atoms with Gasteiger partial charge in [0.1, 0.15) is 11.5 Å². The minimum absolute atomic E-state index is 0.169. The molecule has 4 aromatic rings. The van der Waals surface area contributed by atoms with E-state index >= 15 is 0 Å². The second kappa shape index (κ2) is 7.68. The molecule has 28 heavy (non-hydrogen) atoms. The normalized spacial score (nSPS) is 12.2. The van der Waals surface area contributed by atoms with Crippen LogP contribution in [0.5, 0.6) is 0 Å². The summed E-state index contributed by atoms with van der Waals surface area (Å²) in [5.74, 6) is 1.000. The summed E-state index contributed by atoms with van der Waals surface area (Å²) in [4.78, 5) is 17.0. The van der Waals surface area contributed by atoms with Crippen molar-refractivity contribution < 1.29 is 4.79 Å². The molecule has 0 saturated carbocycles. The Morgan fingerprint density at radius 3 is 2.71 bits per heavy atom. The third kappa shape index (κ3) is 3.67. The van der Waals surface area contributed by atoms with Crippen molar-refractivity contribution in [1.29, 1.82) is 0 Å². The summed E-state index contributed by atoms with van der Waals surface area (Å²) < 4.78 is 2.11. The summed E-state index contributed by atoms with van der Waals surface area (Å²) in [7, 11) is 0. The predicted molar refractivity (Wildman–Crippen MR) is 109 cm³/mol. The number of carbonyl (C=O) groups is 1. The van der Waals surface area contributed by atoms with Crippen molar-refractivity contribution in [3.63, 3.8) is 0 Å². The molecule has 0 fully saturated rings. The Morgan fingerprint density at radius 1 is 1.14 bits per heavy atom. The van der Waals surface area contributed by atoms with Crippen molar-refractivity contribution in [2.24, 2.45) is 0 Å². The number of imidazole rings is 1. The van der Waals surface area contributed by atoms with Gasteiger partial charge in [-0.1, -0.05) is 49.4 Å². The molecular weight excluding hydrogens is 350 g/mol. The van der Waals surface area contributed by atoms with Crippen LogP contribution in [0.2, 0.25) is 0 Å². The summed E-state index contributed by atoms with van der Waals surface area (Å²) in [6.45, 7) is 5.23. The molecule has 0 aliphatic heterocycles. The lowest BCUT2D eigenvalue weighted by molar-refractivity contribution is 0.0946. The number of nitrogens with zero attached hydrogens (tertiary/aromatic N) is 3. The standard InChI is InChI=1S/C22H23N5O/c1-15(17-8-4-3-5-9-17)13-23-22(28)20-12-18(25-26-20)14-27-16(2)24-19-10-6-7-11-21(19)27/h3-12,15H,13-14H2,1-2H3,(H,23,28)(H,25,26)/t15-/m1/s1. The van der Waals surface area contributed by atoms with Crippen LogP contribution in [-0.4, -0.2) is 32.2 Å². The first-order chi connectivity index (χ1) is 13.6. The monoisotopic (exact) mass is 373 g/mol. The number of aryl methyl sites for hydroxylation is 1. The minimum atomic E-state index is -0.169.